The minimum atomic E-state index is -0.455. The Morgan fingerprint density at radius 2 is 0.817 bits per heavy atom. The first-order valence-corrected chi connectivity index (χ1v) is 25.6. The second kappa shape index (κ2) is 16.1. The molecule has 71 heavy (non-hydrogen) atoms. The lowest BCUT2D eigenvalue weighted by Gasteiger charge is -2.45. The van der Waals surface area contributed by atoms with Crippen molar-refractivity contribution in [1.82, 2.24) is 0 Å². The summed E-state index contributed by atoms with van der Waals surface area (Å²) in [7, 11) is 0. The molecule has 0 saturated carbocycles. The van der Waals surface area contributed by atoms with Crippen molar-refractivity contribution in [1.29, 1.82) is 0 Å². The molecule has 0 radical (unpaired) electrons. The van der Waals surface area contributed by atoms with E-state index < -0.39 is 5.41 Å². The van der Waals surface area contributed by atoms with Crippen molar-refractivity contribution < 1.29 is 0 Å². The van der Waals surface area contributed by atoms with Crippen LogP contribution in [0.3, 0.4) is 0 Å². The lowest BCUT2D eigenvalue weighted by atomic mass is 9.33. The van der Waals surface area contributed by atoms with Gasteiger partial charge in [0.05, 0.1) is 5.41 Å². The Bertz CT molecular complexity index is 3490. The van der Waals surface area contributed by atoms with Crippen molar-refractivity contribution in [2.75, 3.05) is 9.80 Å². The van der Waals surface area contributed by atoms with Crippen LogP contribution in [-0.2, 0) is 21.7 Å². The van der Waals surface area contributed by atoms with Crippen molar-refractivity contribution >= 4 is 57.2 Å². The summed E-state index contributed by atoms with van der Waals surface area (Å²) in [4.78, 5) is 5.14. The highest BCUT2D eigenvalue weighted by Crippen LogP contribution is 2.58. The van der Waals surface area contributed by atoms with Gasteiger partial charge in [-0.05, 0) is 155 Å². The van der Waals surface area contributed by atoms with Crippen molar-refractivity contribution in [3.63, 3.8) is 0 Å². The highest BCUT2D eigenvalue weighted by molar-refractivity contribution is 7.00. The van der Waals surface area contributed by atoms with Gasteiger partial charge in [0.25, 0.3) is 6.71 Å². The summed E-state index contributed by atoms with van der Waals surface area (Å²) in [5, 5.41) is 0. The van der Waals surface area contributed by atoms with Gasteiger partial charge in [0.2, 0.25) is 0 Å². The van der Waals surface area contributed by atoms with E-state index in [4.69, 9.17) is 0 Å². The van der Waals surface area contributed by atoms with Gasteiger partial charge < -0.3 is 9.80 Å². The Kier molecular flexibility index (Phi) is 10.2. The molecule has 0 bridgehead atoms. The molecule has 0 spiro atoms. The molecule has 12 rings (SSSR count). The molecule has 0 amide bonds. The van der Waals surface area contributed by atoms with Crippen molar-refractivity contribution in [3.8, 4) is 22.3 Å². The van der Waals surface area contributed by atoms with Gasteiger partial charge in [0.15, 0.2) is 0 Å². The van der Waals surface area contributed by atoms with Crippen molar-refractivity contribution in [3.05, 3.63) is 245 Å². The number of benzene rings is 9. The average Bonchev–Trinajstić information content (AvgIpc) is 3.67. The quantitative estimate of drug-likeness (QED) is 0.159. The van der Waals surface area contributed by atoms with Crippen molar-refractivity contribution in [2.24, 2.45) is 0 Å². The molecule has 0 saturated heterocycles. The second-order valence-corrected chi connectivity index (χ2v) is 23.5. The molecular formula is C68H63BN2. The normalized spacial score (nSPS) is 14.4. The van der Waals surface area contributed by atoms with Crippen LogP contribution in [0, 0.1) is 6.92 Å². The summed E-state index contributed by atoms with van der Waals surface area (Å²) in [6.07, 6.45) is 0. The highest BCUT2D eigenvalue weighted by atomic mass is 15.2. The number of anilines is 6. The fourth-order valence-corrected chi connectivity index (χ4v) is 12.3. The third kappa shape index (κ3) is 6.98. The third-order valence-corrected chi connectivity index (χ3v) is 15.9. The highest BCUT2D eigenvalue weighted by Gasteiger charge is 2.47. The zero-order valence-corrected chi connectivity index (χ0v) is 43.0. The minimum Gasteiger partial charge on any atom is -0.311 e. The van der Waals surface area contributed by atoms with E-state index >= 15 is 0 Å². The van der Waals surface area contributed by atoms with Crippen LogP contribution in [0.5, 0.6) is 0 Å². The maximum absolute atomic E-state index is 2.58. The fourth-order valence-electron chi connectivity index (χ4n) is 12.3. The molecule has 0 atom stereocenters. The summed E-state index contributed by atoms with van der Waals surface area (Å²) < 4.78 is 0. The number of hydrogen-bond acceptors (Lipinski definition) is 2. The topological polar surface area (TPSA) is 6.48 Å². The first-order valence-electron chi connectivity index (χ1n) is 25.6. The smallest absolute Gasteiger partial charge is 0.252 e. The molecule has 1 aliphatic carbocycles. The van der Waals surface area contributed by atoms with Gasteiger partial charge in [-0.2, -0.15) is 0 Å². The number of fused-ring (bicyclic) bond motifs is 7. The van der Waals surface area contributed by atoms with Crippen LogP contribution in [0.25, 0.3) is 22.3 Å². The maximum atomic E-state index is 2.58. The van der Waals surface area contributed by atoms with E-state index in [1.54, 1.807) is 0 Å². The first-order chi connectivity index (χ1) is 34.0. The van der Waals surface area contributed by atoms with Gasteiger partial charge in [-0.15, -0.1) is 0 Å². The molecule has 348 valence electrons. The molecule has 0 N–H and O–H groups in total. The zero-order valence-electron chi connectivity index (χ0n) is 43.0. The Balaban J connectivity index is 1.06. The van der Waals surface area contributed by atoms with Crippen LogP contribution in [0.15, 0.2) is 200 Å². The molecule has 2 nitrogen and oxygen atoms in total. The van der Waals surface area contributed by atoms with Gasteiger partial charge in [-0.25, -0.2) is 0 Å². The molecule has 0 fully saturated rings. The Hall–Kier alpha value is -7.36. The van der Waals surface area contributed by atoms with E-state index in [1.165, 1.54) is 112 Å². The Morgan fingerprint density at radius 1 is 0.380 bits per heavy atom. The van der Waals surface area contributed by atoms with Crippen molar-refractivity contribution in [2.45, 2.75) is 90.9 Å². The Morgan fingerprint density at radius 3 is 1.32 bits per heavy atom. The molecule has 9 aromatic carbocycles. The largest absolute Gasteiger partial charge is 0.311 e. The maximum Gasteiger partial charge on any atom is 0.252 e. The minimum absolute atomic E-state index is 0.0139. The predicted octanol–water partition coefficient (Wildman–Crippen LogP) is 16.0. The molecule has 9 aromatic rings. The van der Waals surface area contributed by atoms with Crippen LogP contribution in [0.4, 0.5) is 34.1 Å². The van der Waals surface area contributed by atoms with Gasteiger partial charge >= 0.3 is 0 Å². The van der Waals surface area contributed by atoms with E-state index in [0.717, 1.165) is 5.69 Å². The molecular weight excluding hydrogens is 856 g/mol. The summed E-state index contributed by atoms with van der Waals surface area (Å²) >= 11 is 0. The van der Waals surface area contributed by atoms with Gasteiger partial charge in [0.1, 0.15) is 0 Å². The first kappa shape index (κ1) is 44.8. The second-order valence-electron chi connectivity index (χ2n) is 23.5. The summed E-state index contributed by atoms with van der Waals surface area (Å²) in [5.41, 5.74) is 26.4. The average molecular weight is 919 g/mol. The zero-order chi connectivity index (χ0) is 49.2. The molecule has 2 heterocycles. The number of rotatable bonds is 5. The lowest BCUT2D eigenvalue weighted by molar-refractivity contribution is 0.590. The van der Waals surface area contributed by atoms with E-state index in [0.29, 0.717) is 0 Å². The van der Waals surface area contributed by atoms with Gasteiger partial charge in [-0.3, -0.25) is 0 Å². The van der Waals surface area contributed by atoms with Crippen LogP contribution >= 0.6 is 0 Å². The summed E-state index contributed by atoms with van der Waals surface area (Å²) in [6, 6.07) is 76.6. The monoisotopic (exact) mass is 919 g/mol. The third-order valence-electron chi connectivity index (χ3n) is 15.9. The van der Waals surface area contributed by atoms with Crippen LogP contribution < -0.4 is 26.2 Å². The van der Waals surface area contributed by atoms with E-state index in [9.17, 15) is 0 Å². The molecule has 2 aliphatic heterocycles. The number of hydrogen-bond donors (Lipinski definition) is 0. The van der Waals surface area contributed by atoms with E-state index in [2.05, 4.69) is 279 Å². The summed E-state index contributed by atoms with van der Waals surface area (Å²) in [5.74, 6) is 0. The number of nitrogens with zero attached hydrogens (tertiary/aromatic N) is 2. The van der Waals surface area contributed by atoms with E-state index in [1.807, 2.05) is 0 Å². The lowest BCUT2D eigenvalue weighted by Crippen LogP contribution is -2.61. The predicted molar refractivity (Wildman–Crippen MR) is 304 cm³/mol. The molecule has 3 aliphatic rings. The fraction of sp³-hybridized carbons (Fsp3) is 0.206. The standard InChI is InChI=1S/C68H63BN2/c1-44-40-61-64-62(41-44)71(52-36-30-46(31-37-52)65(2,3)4)60-43-50(67(8,9)10)33-39-58(60)69(64)57-38-32-49(66(5,6)7)42-59(57)70(61)51-34-28-45(29-35-51)53-25-19-27-56-63(53)54-24-17-18-26-55(54)68(56,47-20-13-11-14-21-47)48-22-15-12-16-23-48/h11-43H,1-10H3. The van der Waals surface area contributed by atoms with Crippen LogP contribution in [0.1, 0.15) is 107 Å². The Labute approximate surface area is 422 Å². The molecule has 0 aromatic heterocycles. The SMILES string of the molecule is Cc1cc2c3c(c1)N(c1ccc(C(C)(C)C)cc1)c1cc(C(C)(C)C)ccc1B3c1ccc(C(C)(C)C)cc1N2c1ccc(-c2cccc3c2-c2ccccc2C3(c2ccccc2)c2ccccc2)cc1. The van der Waals surface area contributed by atoms with E-state index in [-0.39, 0.29) is 23.0 Å². The van der Waals surface area contributed by atoms with Crippen LogP contribution in [-0.4, -0.2) is 6.71 Å². The van der Waals surface area contributed by atoms with Gasteiger partial charge in [0, 0.05) is 34.1 Å². The molecule has 0 unspecified atom stereocenters. The summed E-state index contributed by atoms with van der Waals surface area (Å²) in [6.45, 7) is 23.2. The van der Waals surface area contributed by atoms with Crippen LogP contribution in [0.2, 0.25) is 0 Å². The van der Waals surface area contributed by atoms with Gasteiger partial charge in [-0.1, -0.05) is 214 Å². The number of aryl methyl sites for hydroxylation is 1. The molecule has 3 heteroatoms.